The van der Waals surface area contributed by atoms with Gasteiger partial charge in [0.15, 0.2) is 0 Å². The summed E-state index contributed by atoms with van der Waals surface area (Å²) in [5.41, 5.74) is 9.72. The topological polar surface area (TPSA) is 32.5 Å². The molecule has 2 aliphatic heterocycles. The molecule has 3 nitrogen and oxygen atoms in total. The van der Waals surface area contributed by atoms with Crippen LogP contribution in [0.2, 0.25) is 0 Å². The van der Waals surface area contributed by atoms with Crippen molar-refractivity contribution in [3.63, 3.8) is 0 Å². The molecule has 1 aromatic carbocycles. The minimum absolute atomic E-state index is 0.904. The van der Waals surface area contributed by atoms with Gasteiger partial charge in [-0.3, -0.25) is 0 Å². The van der Waals surface area contributed by atoms with Gasteiger partial charge in [-0.15, -0.1) is 0 Å². The smallest absolute Gasteiger partial charge is 0.0400 e. The maximum atomic E-state index is 5.94. The number of rotatable bonds is 3. The second-order valence-electron chi connectivity index (χ2n) is 6.23. The van der Waals surface area contributed by atoms with Gasteiger partial charge in [0.2, 0.25) is 0 Å². The predicted molar refractivity (Wildman–Crippen MR) is 86.3 cm³/mol. The van der Waals surface area contributed by atoms with Crippen LogP contribution >= 0.6 is 0 Å². The van der Waals surface area contributed by atoms with Gasteiger partial charge in [0.1, 0.15) is 0 Å². The maximum Gasteiger partial charge on any atom is 0.0400 e. The van der Waals surface area contributed by atoms with Crippen molar-refractivity contribution in [3.05, 3.63) is 23.8 Å². The van der Waals surface area contributed by atoms with E-state index in [2.05, 4.69) is 28.0 Å². The van der Waals surface area contributed by atoms with E-state index in [9.17, 15) is 0 Å². The molecular weight excluding hydrogens is 246 g/mol. The Bertz CT molecular complexity index is 438. The van der Waals surface area contributed by atoms with Gasteiger partial charge in [0.25, 0.3) is 0 Å². The van der Waals surface area contributed by atoms with Crippen LogP contribution in [0.15, 0.2) is 18.2 Å². The normalized spacial score (nSPS) is 20.5. The largest absolute Gasteiger partial charge is 0.399 e. The predicted octanol–water partition coefficient (Wildman–Crippen LogP) is 2.90. The van der Waals surface area contributed by atoms with Gasteiger partial charge in [-0.2, -0.15) is 0 Å². The highest BCUT2D eigenvalue weighted by Crippen LogP contribution is 2.28. The number of benzene rings is 1. The molecule has 0 spiro atoms. The van der Waals surface area contributed by atoms with Crippen LogP contribution in [0, 0.1) is 0 Å². The van der Waals surface area contributed by atoms with Gasteiger partial charge in [0.05, 0.1) is 0 Å². The highest BCUT2D eigenvalue weighted by molar-refractivity contribution is 5.60. The van der Waals surface area contributed by atoms with Crippen molar-refractivity contribution in [3.8, 4) is 0 Å². The Labute approximate surface area is 122 Å². The SMILES string of the molecule is Nc1ccc2c(c1)CCCCN2CCN1CCCCC1. The molecule has 2 heterocycles. The quantitative estimate of drug-likeness (QED) is 0.860. The van der Waals surface area contributed by atoms with Crippen molar-refractivity contribution in [2.24, 2.45) is 0 Å². The van der Waals surface area contributed by atoms with Gasteiger partial charge in [0, 0.05) is 31.0 Å². The fourth-order valence-electron chi connectivity index (χ4n) is 3.53. The summed E-state index contributed by atoms with van der Waals surface area (Å²) in [6.45, 7) is 6.16. The molecule has 20 heavy (non-hydrogen) atoms. The summed E-state index contributed by atoms with van der Waals surface area (Å²) < 4.78 is 0. The first-order valence-corrected chi connectivity index (χ1v) is 8.19. The molecule has 0 unspecified atom stereocenters. The molecule has 1 fully saturated rings. The number of nitrogen functional groups attached to an aromatic ring is 1. The summed E-state index contributed by atoms with van der Waals surface area (Å²) in [5.74, 6) is 0. The second-order valence-corrected chi connectivity index (χ2v) is 6.23. The van der Waals surface area contributed by atoms with Gasteiger partial charge < -0.3 is 15.5 Å². The minimum atomic E-state index is 0.904. The summed E-state index contributed by atoms with van der Waals surface area (Å²) in [6.07, 6.45) is 7.95. The Morgan fingerprint density at radius 1 is 0.900 bits per heavy atom. The number of likely N-dealkylation sites (tertiary alicyclic amines) is 1. The third-order valence-corrected chi connectivity index (χ3v) is 4.70. The Hall–Kier alpha value is -1.22. The van der Waals surface area contributed by atoms with E-state index in [1.165, 1.54) is 76.0 Å². The van der Waals surface area contributed by atoms with Crippen LogP contribution in [0.4, 0.5) is 11.4 Å². The van der Waals surface area contributed by atoms with Crippen LogP contribution in [0.5, 0.6) is 0 Å². The molecule has 110 valence electrons. The minimum Gasteiger partial charge on any atom is -0.399 e. The molecule has 2 aliphatic rings. The molecule has 0 aliphatic carbocycles. The van der Waals surface area contributed by atoms with Crippen molar-refractivity contribution < 1.29 is 0 Å². The molecular formula is C17H27N3. The Kier molecular flexibility index (Phi) is 4.46. The number of aryl methyl sites for hydroxylation is 1. The van der Waals surface area contributed by atoms with E-state index in [1.54, 1.807) is 0 Å². The summed E-state index contributed by atoms with van der Waals surface area (Å²) in [5, 5.41) is 0. The lowest BCUT2D eigenvalue weighted by atomic mass is 10.1. The highest BCUT2D eigenvalue weighted by atomic mass is 15.2. The molecule has 0 amide bonds. The molecule has 0 saturated carbocycles. The Balaban J connectivity index is 1.66. The zero-order chi connectivity index (χ0) is 13.8. The van der Waals surface area contributed by atoms with Crippen LogP contribution in [0.3, 0.4) is 0 Å². The summed E-state index contributed by atoms with van der Waals surface area (Å²) in [4.78, 5) is 5.21. The van der Waals surface area contributed by atoms with Crippen molar-refractivity contribution >= 4 is 11.4 Å². The summed E-state index contributed by atoms with van der Waals surface area (Å²) in [6, 6.07) is 6.46. The molecule has 1 aromatic rings. The molecule has 3 heteroatoms. The van der Waals surface area contributed by atoms with Crippen LogP contribution in [0.1, 0.15) is 37.7 Å². The molecule has 2 N–H and O–H groups in total. The standard InChI is InChI=1S/C17H27N3/c18-16-7-8-17-15(14-16)6-2-5-11-20(17)13-12-19-9-3-1-4-10-19/h7-8,14H,1-6,9-13,18H2. The first-order chi connectivity index (χ1) is 9.83. The number of nitrogens with zero attached hydrogens (tertiary/aromatic N) is 2. The number of anilines is 2. The third kappa shape index (κ3) is 3.26. The number of nitrogens with two attached hydrogens (primary N) is 1. The van der Waals surface area contributed by atoms with Gasteiger partial charge in [-0.1, -0.05) is 6.42 Å². The van der Waals surface area contributed by atoms with E-state index in [0.29, 0.717) is 0 Å². The maximum absolute atomic E-state index is 5.94. The summed E-state index contributed by atoms with van der Waals surface area (Å²) in [7, 11) is 0. The van der Waals surface area contributed by atoms with Crippen LogP contribution in [0.25, 0.3) is 0 Å². The van der Waals surface area contributed by atoms with E-state index in [-0.39, 0.29) is 0 Å². The summed E-state index contributed by atoms with van der Waals surface area (Å²) >= 11 is 0. The zero-order valence-corrected chi connectivity index (χ0v) is 12.5. The fourth-order valence-corrected chi connectivity index (χ4v) is 3.53. The number of fused-ring (bicyclic) bond motifs is 1. The van der Waals surface area contributed by atoms with E-state index < -0.39 is 0 Å². The van der Waals surface area contributed by atoms with E-state index in [4.69, 9.17) is 5.73 Å². The molecule has 0 aromatic heterocycles. The number of hydrogen-bond donors (Lipinski definition) is 1. The number of hydrogen-bond acceptors (Lipinski definition) is 3. The average molecular weight is 273 g/mol. The van der Waals surface area contributed by atoms with Crippen LogP contribution in [-0.2, 0) is 6.42 Å². The van der Waals surface area contributed by atoms with Crippen molar-refractivity contribution in [2.75, 3.05) is 43.4 Å². The van der Waals surface area contributed by atoms with Crippen LogP contribution in [-0.4, -0.2) is 37.6 Å². The third-order valence-electron chi connectivity index (χ3n) is 4.70. The highest BCUT2D eigenvalue weighted by Gasteiger charge is 2.17. The lowest BCUT2D eigenvalue weighted by molar-refractivity contribution is 0.233. The lowest BCUT2D eigenvalue weighted by Crippen LogP contribution is -2.38. The Morgan fingerprint density at radius 2 is 1.70 bits per heavy atom. The second kappa shape index (κ2) is 6.49. The fraction of sp³-hybridized carbons (Fsp3) is 0.647. The monoisotopic (exact) mass is 273 g/mol. The van der Waals surface area contributed by atoms with Crippen LogP contribution < -0.4 is 10.6 Å². The molecule has 0 radical (unpaired) electrons. The van der Waals surface area contributed by atoms with E-state index >= 15 is 0 Å². The Morgan fingerprint density at radius 3 is 2.55 bits per heavy atom. The van der Waals surface area contributed by atoms with Gasteiger partial charge >= 0.3 is 0 Å². The zero-order valence-electron chi connectivity index (χ0n) is 12.5. The molecule has 3 rings (SSSR count). The van der Waals surface area contributed by atoms with Gasteiger partial charge in [-0.05, 0) is 69.0 Å². The van der Waals surface area contributed by atoms with E-state index in [1.807, 2.05) is 0 Å². The van der Waals surface area contributed by atoms with E-state index in [0.717, 1.165) is 12.2 Å². The molecule has 0 bridgehead atoms. The average Bonchev–Trinajstić information content (AvgIpc) is 2.68. The lowest BCUT2D eigenvalue weighted by Gasteiger charge is -2.31. The number of piperidine rings is 1. The first kappa shape index (κ1) is 13.7. The van der Waals surface area contributed by atoms with Crippen molar-refractivity contribution in [2.45, 2.75) is 38.5 Å². The van der Waals surface area contributed by atoms with Crippen molar-refractivity contribution in [1.29, 1.82) is 0 Å². The van der Waals surface area contributed by atoms with Gasteiger partial charge in [-0.25, -0.2) is 0 Å². The molecule has 0 atom stereocenters. The molecule has 1 saturated heterocycles. The first-order valence-electron chi connectivity index (χ1n) is 8.19. The van der Waals surface area contributed by atoms with Crippen molar-refractivity contribution in [1.82, 2.24) is 4.90 Å².